The highest BCUT2D eigenvalue weighted by Gasteiger charge is 2.12. The van der Waals surface area contributed by atoms with Gasteiger partial charge >= 0.3 is 0 Å². The minimum Gasteiger partial charge on any atom is -0.383 e. The maximum absolute atomic E-state index is 13.6. The number of carbonyl (C=O) groups is 2. The Bertz CT molecular complexity index is 674. The highest BCUT2D eigenvalue weighted by Crippen LogP contribution is 2.19. The predicted molar refractivity (Wildman–Crippen MR) is 81.5 cm³/mol. The summed E-state index contributed by atoms with van der Waals surface area (Å²) in [5.41, 5.74) is 0.918. The largest absolute Gasteiger partial charge is 0.383 e. The van der Waals surface area contributed by atoms with Gasteiger partial charge in [-0.05, 0) is 31.2 Å². The van der Waals surface area contributed by atoms with Crippen molar-refractivity contribution >= 4 is 17.4 Å². The van der Waals surface area contributed by atoms with Gasteiger partial charge in [0.25, 0.3) is 5.91 Å². The van der Waals surface area contributed by atoms with E-state index in [9.17, 15) is 14.0 Å². The number of rotatable bonds is 6. The zero-order chi connectivity index (χ0) is 15.9. The van der Waals surface area contributed by atoms with Gasteiger partial charge in [0.15, 0.2) is 5.78 Å². The SMILES string of the molecule is CC(=O)c1c(F)cccc1NCCNC(=O)c1cccnc1. The first-order valence-corrected chi connectivity index (χ1v) is 6.81. The van der Waals surface area contributed by atoms with Crippen LogP contribution in [0.15, 0.2) is 42.7 Å². The van der Waals surface area contributed by atoms with Crippen LogP contribution in [0.25, 0.3) is 0 Å². The van der Waals surface area contributed by atoms with Crippen LogP contribution in [-0.2, 0) is 0 Å². The summed E-state index contributed by atoms with van der Waals surface area (Å²) in [6.07, 6.45) is 3.06. The Morgan fingerprint density at radius 2 is 2.00 bits per heavy atom. The third-order valence-electron chi connectivity index (χ3n) is 3.02. The molecule has 0 aliphatic rings. The molecule has 0 fully saturated rings. The van der Waals surface area contributed by atoms with Crippen molar-refractivity contribution in [2.24, 2.45) is 0 Å². The molecular weight excluding hydrogens is 285 g/mol. The van der Waals surface area contributed by atoms with Gasteiger partial charge in [0.2, 0.25) is 0 Å². The van der Waals surface area contributed by atoms with Crippen LogP contribution in [0, 0.1) is 5.82 Å². The summed E-state index contributed by atoms with van der Waals surface area (Å²) in [6, 6.07) is 7.74. The number of halogens is 1. The molecule has 0 aliphatic carbocycles. The summed E-state index contributed by atoms with van der Waals surface area (Å²) in [4.78, 5) is 27.1. The van der Waals surface area contributed by atoms with Gasteiger partial charge in [-0.1, -0.05) is 6.07 Å². The number of nitrogens with one attached hydrogen (secondary N) is 2. The summed E-state index contributed by atoms with van der Waals surface area (Å²) in [7, 11) is 0. The minimum atomic E-state index is -0.558. The molecule has 2 N–H and O–H groups in total. The number of amides is 1. The van der Waals surface area contributed by atoms with E-state index in [0.717, 1.165) is 0 Å². The Balaban J connectivity index is 1.89. The van der Waals surface area contributed by atoms with Crippen LogP contribution in [0.4, 0.5) is 10.1 Å². The lowest BCUT2D eigenvalue weighted by Gasteiger charge is -2.11. The minimum absolute atomic E-state index is 0.0288. The number of hydrogen-bond acceptors (Lipinski definition) is 4. The average molecular weight is 301 g/mol. The highest BCUT2D eigenvalue weighted by atomic mass is 19.1. The highest BCUT2D eigenvalue weighted by molar-refractivity contribution is 5.99. The van der Waals surface area contributed by atoms with Crippen LogP contribution >= 0.6 is 0 Å². The molecular formula is C16H16FN3O2. The van der Waals surface area contributed by atoms with Crippen LogP contribution in [-0.4, -0.2) is 29.8 Å². The van der Waals surface area contributed by atoms with Crippen molar-refractivity contribution in [1.82, 2.24) is 10.3 Å². The zero-order valence-electron chi connectivity index (χ0n) is 12.1. The second-order valence-electron chi connectivity index (χ2n) is 4.64. The fourth-order valence-electron chi connectivity index (χ4n) is 2.00. The molecule has 2 rings (SSSR count). The van der Waals surface area contributed by atoms with E-state index in [1.54, 1.807) is 24.4 Å². The Labute approximate surface area is 127 Å². The first-order valence-electron chi connectivity index (χ1n) is 6.81. The molecule has 1 heterocycles. The normalized spacial score (nSPS) is 10.1. The van der Waals surface area contributed by atoms with Crippen LogP contribution in [0.1, 0.15) is 27.6 Å². The van der Waals surface area contributed by atoms with Crippen molar-refractivity contribution in [2.45, 2.75) is 6.92 Å². The molecule has 6 heteroatoms. The van der Waals surface area contributed by atoms with Crippen molar-refractivity contribution in [1.29, 1.82) is 0 Å². The number of carbonyl (C=O) groups excluding carboxylic acids is 2. The number of Topliss-reactive ketones (excluding diaryl/α,β-unsaturated/α-hetero) is 1. The lowest BCUT2D eigenvalue weighted by atomic mass is 10.1. The Morgan fingerprint density at radius 3 is 2.68 bits per heavy atom. The Hall–Kier alpha value is -2.76. The standard InChI is InChI=1S/C16H16FN3O2/c1-11(21)15-13(17)5-2-6-14(15)19-8-9-20-16(22)12-4-3-7-18-10-12/h2-7,10,19H,8-9H2,1H3,(H,20,22). The van der Waals surface area contributed by atoms with Gasteiger partial charge in [0, 0.05) is 31.2 Å². The van der Waals surface area contributed by atoms with Gasteiger partial charge in [0.05, 0.1) is 11.1 Å². The van der Waals surface area contributed by atoms with Crippen molar-refractivity contribution in [3.8, 4) is 0 Å². The van der Waals surface area contributed by atoms with Gasteiger partial charge in [-0.2, -0.15) is 0 Å². The van der Waals surface area contributed by atoms with Gasteiger partial charge in [-0.15, -0.1) is 0 Å². The van der Waals surface area contributed by atoms with Crippen molar-refractivity contribution in [3.05, 3.63) is 59.7 Å². The van der Waals surface area contributed by atoms with E-state index >= 15 is 0 Å². The molecule has 1 aromatic heterocycles. The van der Waals surface area contributed by atoms with E-state index in [1.165, 1.54) is 25.3 Å². The topological polar surface area (TPSA) is 71.1 Å². The van der Waals surface area contributed by atoms with Gasteiger partial charge in [-0.25, -0.2) is 4.39 Å². The maximum Gasteiger partial charge on any atom is 0.252 e. The van der Waals surface area contributed by atoms with Crippen LogP contribution in [0.3, 0.4) is 0 Å². The molecule has 0 atom stereocenters. The fourth-order valence-corrected chi connectivity index (χ4v) is 2.00. The molecule has 0 aliphatic heterocycles. The molecule has 5 nitrogen and oxygen atoms in total. The molecule has 1 amide bonds. The second kappa shape index (κ2) is 7.31. The number of ketones is 1. The van der Waals surface area contributed by atoms with Crippen molar-refractivity contribution in [3.63, 3.8) is 0 Å². The average Bonchev–Trinajstić information content (AvgIpc) is 2.52. The summed E-state index contributed by atoms with van der Waals surface area (Å²) < 4.78 is 13.6. The molecule has 0 saturated carbocycles. The van der Waals surface area contributed by atoms with E-state index in [1.807, 2.05) is 0 Å². The molecule has 0 spiro atoms. The summed E-state index contributed by atoms with van der Waals surface area (Å²) >= 11 is 0. The van der Waals surface area contributed by atoms with Gasteiger partial charge in [-0.3, -0.25) is 14.6 Å². The number of pyridine rings is 1. The molecule has 0 saturated heterocycles. The first kappa shape index (κ1) is 15.6. The second-order valence-corrected chi connectivity index (χ2v) is 4.64. The van der Waals surface area contributed by atoms with Crippen molar-refractivity contribution in [2.75, 3.05) is 18.4 Å². The Kier molecular flexibility index (Phi) is 5.19. The van der Waals surface area contributed by atoms with Crippen LogP contribution in [0.2, 0.25) is 0 Å². The van der Waals surface area contributed by atoms with E-state index in [0.29, 0.717) is 24.3 Å². The van der Waals surface area contributed by atoms with Crippen LogP contribution in [0.5, 0.6) is 0 Å². The maximum atomic E-state index is 13.6. The monoisotopic (exact) mass is 301 g/mol. The zero-order valence-corrected chi connectivity index (χ0v) is 12.1. The lowest BCUT2D eigenvalue weighted by molar-refractivity contribution is 0.0953. The summed E-state index contributed by atoms with van der Waals surface area (Å²) in [6.45, 7) is 2.02. The molecule has 22 heavy (non-hydrogen) atoms. The number of aromatic nitrogens is 1. The predicted octanol–water partition coefficient (Wildman–Crippen LogP) is 2.27. The first-order chi connectivity index (χ1) is 10.6. The fraction of sp³-hybridized carbons (Fsp3) is 0.188. The van der Waals surface area contributed by atoms with E-state index in [2.05, 4.69) is 15.6 Å². The van der Waals surface area contributed by atoms with Gasteiger partial charge < -0.3 is 10.6 Å². The third-order valence-corrected chi connectivity index (χ3v) is 3.02. The smallest absolute Gasteiger partial charge is 0.252 e. The molecule has 0 bridgehead atoms. The quantitative estimate of drug-likeness (QED) is 0.634. The number of benzene rings is 1. The molecule has 114 valence electrons. The van der Waals surface area contributed by atoms with E-state index in [4.69, 9.17) is 0 Å². The van der Waals surface area contributed by atoms with Crippen LogP contribution < -0.4 is 10.6 Å². The van der Waals surface area contributed by atoms with E-state index in [-0.39, 0.29) is 17.3 Å². The lowest BCUT2D eigenvalue weighted by Crippen LogP contribution is -2.29. The summed E-state index contributed by atoms with van der Waals surface area (Å²) in [5, 5.41) is 5.66. The number of nitrogens with zero attached hydrogens (tertiary/aromatic N) is 1. The van der Waals surface area contributed by atoms with Crippen molar-refractivity contribution < 1.29 is 14.0 Å². The molecule has 0 unspecified atom stereocenters. The number of anilines is 1. The summed E-state index contributed by atoms with van der Waals surface area (Å²) in [5.74, 6) is -1.14. The van der Waals surface area contributed by atoms with E-state index < -0.39 is 5.82 Å². The molecule has 1 aromatic carbocycles. The Morgan fingerprint density at radius 1 is 1.18 bits per heavy atom. The molecule has 2 aromatic rings. The molecule has 0 radical (unpaired) electrons. The van der Waals surface area contributed by atoms with Gasteiger partial charge in [0.1, 0.15) is 5.82 Å². The number of hydrogen-bond donors (Lipinski definition) is 2. The third kappa shape index (κ3) is 3.88.